The first-order valence-corrected chi connectivity index (χ1v) is 16.1. The highest BCUT2D eigenvalue weighted by Crippen LogP contribution is 2.48. The minimum absolute atomic E-state index is 0.0189. The van der Waals surface area contributed by atoms with Crippen LogP contribution in [0.2, 0.25) is 0 Å². The van der Waals surface area contributed by atoms with Gasteiger partial charge in [0.2, 0.25) is 0 Å². The van der Waals surface area contributed by atoms with Crippen molar-refractivity contribution in [3.8, 4) is 39.9 Å². The SMILES string of the molecule is C=CCc1cc(-c2nc(-c3cccc(C4=CC=CC5Oc6ccccc6C45)c3)nc(-c3ccc4ccccc4c3)n2)ccc1/C=C\C. The maximum absolute atomic E-state index is 6.32. The van der Waals surface area contributed by atoms with E-state index in [1.165, 1.54) is 27.6 Å². The van der Waals surface area contributed by atoms with E-state index in [1.54, 1.807) is 0 Å². The maximum Gasteiger partial charge on any atom is 0.164 e. The third-order valence-corrected chi connectivity index (χ3v) is 8.97. The third kappa shape index (κ3) is 5.38. The summed E-state index contributed by atoms with van der Waals surface area (Å²) in [7, 11) is 0. The molecule has 8 rings (SSSR count). The Morgan fingerprint density at radius 3 is 2.21 bits per heavy atom. The Balaban J connectivity index is 1.26. The van der Waals surface area contributed by atoms with Gasteiger partial charge < -0.3 is 4.74 Å². The van der Waals surface area contributed by atoms with Crippen molar-refractivity contribution in [2.24, 2.45) is 0 Å². The van der Waals surface area contributed by atoms with Crippen molar-refractivity contribution in [1.82, 2.24) is 15.0 Å². The normalized spacial score (nSPS) is 16.5. The number of ether oxygens (including phenoxy) is 1. The summed E-state index contributed by atoms with van der Waals surface area (Å²) in [5.41, 5.74) is 8.74. The molecule has 1 aliphatic carbocycles. The molecule has 2 atom stereocenters. The van der Waals surface area contributed by atoms with Gasteiger partial charge in [-0.25, -0.2) is 15.0 Å². The van der Waals surface area contributed by atoms with Crippen molar-refractivity contribution in [3.05, 3.63) is 168 Å². The van der Waals surface area contributed by atoms with Crippen LogP contribution < -0.4 is 4.74 Å². The average Bonchev–Trinajstić information content (AvgIpc) is 3.51. The second kappa shape index (κ2) is 12.1. The molecule has 0 spiro atoms. The molecule has 47 heavy (non-hydrogen) atoms. The largest absolute Gasteiger partial charge is 0.485 e. The van der Waals surface area contributed by atoms with Crippen LogP contribution >= 0.6 is 0 Å². The van der Waals surface area contributed by atoms with Crippen LogP contribution in [0, 0.1) is 0 Å². The Bertz CT molecular complexity index is 2260. The van der Waals surface area contributed by atoms with Gasteiger partial charge in [-0.1, -0.05) is 115 Å². The molecule has 2 aliphatic rings. The first kappa shape index (κ1) is 28.6. The molecule has 0 N–H and O–H groups in total. The molecule has 2 heterocycles. The minimum Gasteiger partial charge on any atom is -0.485 e. The molecule has 0 amide bonds. The average molecular weight is 608 g/mol. The zero-order chi connectivity index (χ0) is 31.7. The number of aromatic nitrogens is 3. The van der Waals surface area contributed by atoms with Crippen LogP contribution in [0.15, 0.2) is 146 Å². The second-order valence-electron chi connectivity index (χ2n) is 12.0. The summed E-state index contributed by atoms with van der Waals surface area (Å²) >= 11 is 0. The molecule has 1 aliphatic heterocycles. The summed E-state index contributed by atoms with van der Waals surface area (Å²) in [4.78, 5) is 15.3. The maximum atomic E-state index is 6.32. The molecule has 2 unspecified atom stereocenters. The van der Waals surface area contributed by atoms with Gasteiger partial charge in [-0.2, -0.15) is 0 Å². The first-order chi connectivity index (χ1) is 23.2. The number of rotatable bonds is 7. The Morgan fingerprint density at radius 1 is 0.702 bits per heavy atom. The zero-order valence-corrected chi connectivity index (χ0v) is 26.2. The van der Waals surface area contributed by atoms with Gasteiger partial charge in [-0.3, -0.25) is 0 Å². The number of benzene rings is 5. The molecule has 0 bridgehead atoms. The number of hydrogen-bond acceptors (Lipinski definition) is 4. The summed E-state index contributed by atoms with van der Waals surface area (Å²) in [6, 6.07) is 38.0. The van der Waals surface area contributed by atoms with Gasteiger partial charge >= 0.3 is 0 Å². The fourth-order valence-corrected chi connectivity index (χ4v) is 6.73. The number of para-hydroxylation sites is 1. The van der Waals surface area contributed by atoms with Gasteiger partial charge in [-0.15, -0.1) is 6.58 Å². The molecule has 0 saturated heterocycles. The van der Waals surface area contributed by atoms with Crippen LogP contribution in [0.1, 0.15) is 35.1 Å². The smallest absolute Gasteiger partial charge is 0.164 e. The summed E-state index contributed by atoms with van der Waals surface area (Å²) in [5.74, 6) is 3.00. The van der Waals surface area contributed by atoms with E-state index >= 15 is 0 Å². The predicted molar refractivity (Wildman–Crippen MR) is 193 cm³/mol. The molecule has 0 fully saturated rings. The lowest BCUT2D eigenvalue weighted by atomic mass is 9.81. The van der Waals surface area contributed by atoms with Crippen LogP contribution in [0.25, 0.3) is 56.6 Å². The highest BCUT2D eigenvalue weighted by atomic mass is 16.5. The summed E-state index contributed by atoms with van der Waals surface area (Å²) in [6.07, 6.45) is 13.3. The number of allylic oxidation sites excluding steroid dienone is 4. The molecular weight excluding hydrogens is 574 g/mol. The van der Waals surface area contributed by atoms with Crippen LogP contribution in [-0.2, 0) is 6.42 Å². The van der Waals surface area contributed by atoms with Crippen molar-refractivity contribution in [2.75, 3.05) is 0 Å². The van der Waals surface area contributed by atoms with Crippen LogP contribution in [0.5, 0.6) is 5.75 Å². The summed E-state index contributed by atoms with van der Waals surface area (Å²) < 4.78 is 6.32. The molecule has 0 saturated carbocycles. The lowest BCUT2D eigenvalue weighted by molar-refractivity contribution is 0.271. The van der Waals surface area contributed by atoms with Crippen molar-refractivity contribution in [2.45, 2.75) is 25.4 Å². The van der Waals surface area contributed by atoms with E-state index in [4.69, 9.17) is 19.7 Å². The van der Waals surface area contributed by atoms with E-state index in [-0.39, 0.29) is 12.0 Å². The zero-order valence-electron chi connectivity index (χ0n) is 26.2. The topological polar surface area (TPSA) is 47.9 Å². The third-order valence-electron chi connectivity index (χ3n) is 8.97. The van der Waals surface area contributed by atoms with E-state index in [2.05, 4.69) is 140 Å². The molecule has 1 aromatic heterocycles. The van der Waals surface area contributed by atoms with E-state index < -0.39 is 0 Å². The molecule has 5 aromatic carbocycles. The summed E-state index contributed by atoms with van der Waals surface area (Å²) in [6.45, 7) is 6.02. The van der Waals surface area contributed by atoms with Crippen LogP contribution in [-0.4, -0.2) is 21.1 Å². The van der Waals surface area contributed by atoms with Gasteiger partial charge in [0.15, 0.2) is 17.5 Å². The van der Waals surface area contributed by atoms with E-state index in [9.17, 15) is 0 Å². The molecule has 4 nitrogen and oxygen atoms in total. The van der Waals surface area contributed by atoms with Gasteiger partial charge in [0.05, 0.1) is 5.92 Å². The number of fused-ring (bicyclic) bond motifs is 4. The van der Waals surface area contributed by atoms with E-state index in [0.717, 1.165) is 39.8 Å². The van der Waals surface area contributed by atoms with Crippen molar-refractivity contribution >= 4 is 22.4 Å². The Morgan fingerprint density at radius 2 is 1.40 bits per heavy atom. The predicted octanol–water partition coefficient (Wildman–Crippen LogP) is 10.3. The van der Waals surface area contributed by atoms with Gasteiger partial charge in [0, 0.05) is 22.3 Å². The standard InChI is InChI=1S/C43H33N3O/c1-3-11-28-21-23-34(25-30(28)12-4-2)42-44-41(45-43(46-42)35-24-22-29-13-5-6-14-31(29)26-35)33-16-9-15-32(27-33)36-18-10-20-39-40(36)37-17-7-8-19-38(37)47-39/h3-11,13-27,39-40H,2,12H2,1H3/b11-3-. The van der Waals surface area contributed by atoms with Crippen molar-refractivity contribution < 1.29 is 4.74 Å². The fraction of sp³-hybridized carbons (Fsp3) is 0.0930. The molecular formula is C43H33N3O. The Kier molecular flexibility index (Phi) is 7.39. The fourth-order valence-electron chi connectivity index (χ4n) is 6.73. The van der Waals surface area contributed by atoms with Gasteiger partial charge in [-0.05, 0) is 76.7 Å². The minimum atomic E-state index is -0.0189. The highest BCUT2D eigenvalue weighted by molar-refractivity contribution is 5.87. The van der Waals surface area contributed by atoms with Gasteiger partial charge in [0.1, 0.15) is 11.9 Å². The van der Waals surface area contributed by atoms with Crippen LogP contribution in [0.3, 0.4) is 0 Å². The highest BCUT2D eigenvalue weighted by Gasteiger charge is 2.37. The quantitative estimate of drug-likeness (QED) is 0.169. The lowest BCUT2D eigenvalue weighted by Crippen LogP contribution is -2.19. The van der Waals surface area contributed by atoms with Crippen molar-refractivity contribution in [3.63, 3.8) is 0 Å². The lowest BCUT2D eigenvalue weighted by Gasteiger charge is -2.23. The van der Waals surface area contributed by atoms with Crippen molar-refractivity contribution in [1.29, 1.82) is 0 Å². The van der Waals surface area contributed by atoms with Gasteiger partial charge in [0.25, 0.3) is 0 Å². The molecule has 226 valence electrons. The van der Waals surface area contributed by atoms with Crippen LogP contribution in [0.4, 0.5) is 0 Å². The molecule has 4 heteroatoms. The number of hydrogen-bond donors (Lipinski definition) is 0. The Hall–Kier alpha value is -5.87. The first-order valence-electron chi connectivity index (χ1n) is 16.1. The number of nitrogens with zero attached hydrogens (tertiary/aromatic N) is 3. The van der Waals surface area contributed by atoms with E-state index in [1.807, 2.05) is 19.1 Å². The summed E-state index contributed by atoms with van der Waals surface area (Å²) in [5, 5.41) is 2.32. The Labute approximate surface area is 275 Å². The second-order valence-corrected chi connectivity index (χ2v) is 12.0. The van der Waals surface area contributed by atoms with E-state index in [0.29, 0.717) is 17.5 Å². The molecule has 6 aromatic rings. The monoisotopic (exact) mass is 607 g/mol. The molecule has 0 radical (unpaired) electrons.